The average molecular weight is 317 g/mol. The fourth-order valence-electron chi connectivity index (χ4n) is 2.51. The Morgan fingerprint density at radius 1 is 1.18 bits per heavy atom. The lowest BCUT2D eigenvalue weighted by molar-refractivity contribution is 0.0971. The number of amides is 1. The number of aryl methyl sites for hydroxylation is 1. The van der Waals surface area contributed by atoms with Crippen LogP contribution in [0.4, 0.5) is 5.69 Å². The third kappa shape index (κ3) is 2.80. The second kappa shape index (κ2) is 5.77. The lowest BCUT2D eigenvalue weighted by atomic mass is 9.93. The summed E-state index contributed by atoms with van der Waals surface area (Å²) in [5.41, 5.74) is 0.963. The molecule has 22 heavy (non-hydrogen) atoms. The summed E-state index contributed by atoms with van der Waals surface area (Å²) >= 11 is 5.86. The molecule has 1 aliphatic rings. The number of Topliss-reactive ketones (excluding diaryl/α,β-unsaturated/α-hetero) is 1. The Bertz CT molecular complexity index is 826. The van der Waals surface area contributed by atoms with Gasteiger partial charge in [-0.15, -0.1) is 0 Å². The van der Waals surface area contributed by atoms with Crippen LogP contribution in [0, 0.1) is 0 Å². The highest BCUT2D eigenvalue weighted by atomic mass is 35.5. The number of carbonyl (C=O) groups is 2. The first-order valence-electron chi connectivity index (χ1n) is 6.91. The number of benzene rings is 1. The topological polar surface area (TPSA) is 79.0 Å². The number of carbonyl (C=O) groups excluding carboxylic acids is 2. The maximum atomic E-state index is 12.3. The van der Waals surface area contributed by atoms with E-state index in [0.717, 1.165) is 6.42 Å². The number of hydrogen-bond donors (Lipinski definition) is 2. The van der Waals surface area contributed by atoms with Crippen molar-refractivity contribution in [2.45, 2.75) is 19.3 Å². The molecular weight excluding hydrogens is 304 g/mol. The molecule has 1 amide bonds. The quantitative estimate of drug-likeness (QED) is 0.894. The van der Waals surface area contributed by atoms with E-state index in [4.69, 9.17) is 11.6 Å². The zero-order chi connectivity index (χ0) is 15.7. The molecule has 0 bridgehead atoms. The van der Waals surface area contributed by atoms with Gasteiger partial charge in [0.2, 0.25) is 0 Å². The summed E-state index contributed by atoms with van der Waals surface area (Å²) in [6, 6.07) is 8.01. The van der Waals surface area contributed by atoms with Gasteiger partial charge in [-0.2, -0.15) is 0 Å². The van der Waals surface area contributed by atoms with Crippen LogP contribution >= 0.6 is 11.6 Å². The molecule has 2 N–H and O–H groups in total. The van der Waals surface area contributed by atoms with Crippen molar-refractivity contribution in [3.63, 3.8) is 0 Å². The fourth-order valence-corrected chi connectivity index (χ4v) is 2.70. The summed E-state index contributed by atoms with van der Waals surface area (Å²) < 4.78 is 0. The maximum Gasteiger partial charge on any atom is 0.261 e. The Balaban J connectivity index is 1.94. The van der Waals surface area contributed by atoms with E-state index >= 15 is 0 Å². The van der Waals surface area contributed by atoms with Crippen molar-refractivity contribution in [2.24, 2.45) is 0 Å². The molecule has 2 aromatic rings. The van der Waals surface area contributed by atoms with Crippen molar-refractivity contribution in [1.82, 2.24) is 4.98 Å². The van der Waals surface area contributed by atoms with Gasteiger partial charge in [-0.1, -0.05) is 17.7 Å². The van der Waals surface area contributed by atoms with Gasteiger partial charge in [0.15, 0.2) is 5.78 Å². The van der Waals surface area contributed by atoms with Gasteiger partial charge in [0, 0.05) is 28.4 Å². The minimum absolute atomic E-state index is 0.0469. The standard InChI is InChI=1S/C16H13ClN2O3/c17-9-3-1-4-10(7-9)18-15(21)12-8-11-13(19-16(12)22)5-2-6-14(11)20/h1,3-4,7-8H,2,5-6H2,(H,18,21)(H,19,22). The first-order chi connectivity index (χ1) is 10.5. The SMILES string of the molecule is O=C1CCCc2[nH]c(=O)c(C(=O)Nc3cccc(Cl)c3)cc21. The first-order valence-corrected chi connectivity index (χ1v) is 7.29. The highest BCUT2D eigenvalue weighted by molar-refractivity contribution is 6.31. The number of halogens is 1. The van der Waals surface area contributed by atoms with Gasteiger partial charge in [0.1, 0.15) is 5.56 Å². The molecule has 0 spiro atoms. The van der Waals surface area contributed by atoms with Crippen molar-refractivity contribution in [2.75, 3.05) is 5.32 Å². The van der Waals surface area contributed by atoms with Crippen LogP contribution in [-0.2, 0) is 6.42 Å². The zero-order valence-corrected chi connectivity index (χ0v) is 12.4. The molecule has 0 fully saturated rings. The van der Waals surface area contributed by atoms with Gasteiger partial charge in [0.25, 0.3) is 11.5 Å². The van der Waals surface area contributed by atoms with Gasteiger partial charge in [-0.3, -0.25) is 14.4 Å². The number of hydrogen-bond acceptors (Lipinski definition) is 3. The van der Waals surface area contributed by atoms with Crippen LogP contribution in [0.1, 0.15) is 39.3 Å². The Morgan fingerprint density at radius 3 is 2.77 bits per heavy atom. The second-order valence-electron chi connectivity index (χ2n) is 5.15. The van der Waals surface area contributed by atoms with E-state index in [9.17, 15) is 14.4 Å². The van der Waals surface area contributed by atoms with E-state index < -0.39 is 11.5 Å². The number of rotatable bonds is 2. The van der Waals surface area contributed by atoms with Crippen LogP contribution < -0.4 is 10.9 Å². The Labute approximate surface area is 131 Å². The minimum Gasteiger partial charge on any atom is -0.325 e. The first kappa shape index (κ1) is 14.5. The summed E-state index contributed by atoms with van der Waals surface area (Å²) in [4.78, 5) is 38.8. The number of nitrogens with one attached hydrogen (secondary N) is 2. The summed E-state index contributed by atoms with van der Waals surface area (Å²) in [7, 11) is 0. The molecule has 0 aliphatic heterocycles. The van der Waals surface area contributed by atoms with Crippen LogP contribution in [-0.4, -0.2) is 16.7 Å². The number of pyridine rings is 1. The summed E-state index contributed by atoms with van der Waals surface area (Å²) in [5.74, 6) is -0.612. The lowest BCUT2D eigenvalue weighted by Gasteiger charge is -2.15. The third-order valence-electron chi connectivity index (χ3n) is 3.58. The predicted octanol–water partition coefficient (Wildman–Crippen LogP) is 2.80. The van der Waals surface area contributed by atoms with Crippen molar-refractivity contribution in [1.29, 1.82) is 0 Å². The average Bonchev–Trinajstić information content (AvgIpc) is 2.46. The highest BCUT2D eigenvalue weighted by Gasteiger charge is 2.22. The molecule has 1 aromatic carbocycles. The molecular formula is C16H13ClN2O3. The van der Waals surface area contributed by atoms with E-state index in [-0.39, 0.29) is 11.3 Å². The van der Waals surface area contributed by atoms with E-state index in [1.54, 1.807) is 24.3 Å². The van der Waals surface area contributed by atoms with Gasteiger partial charge in [-0.25, -0.2) is 0 Å². The maximum absolute atomic E-state index is 12.3. The monoisotopic (exact) mass is 316 g/mol. The van der Waals surface area contributed by atoms with E-state index in [1.165, 1.54) is 6.07 Å². The Morgan fingerprint density at radius 2 is 2.00 bits per heavy atom. The summed E-state index contributed by atoms with van der Waals surface area (Å²) in [5, 5.41) is 3.09. The Kier molecular flexibility index (Phi) is 3.81. The fraction of sp³-hybridized carbons (Fsp3) is 0.188. The lowest BCUT2D eigenvalue weighted by Crippen LogP contribution is -2.27. The molecule has 0 unspecified atom stereocenters. The number of ketones is 1. The van der Waals surface area contributed by atoms with Crippen LogP contribution in [0.3, 0.4) is 0 Å². The van der Waals surface area contributed by atoms with Crippen molar-refractivity contribution < 1.29 is 9.59 Å². The molecule has 3 rings (SSSR count). The van der Waals surface area contributed by atoms with Gasteiger partial charge >= 0.3 is 0 Å². The van der Waals surface area contributed by atoms with E-state index in [1.807, 2.05) is 0 Å². The highest BCUT2D eigenvalue weighted by Crippen LogP contribution is 2.20. The van der Waals surface area contributed by atoms with E-state index in [0.29, 0.717) is 34.8 Å². The largest absolute Gasteiger partial charge is 0.325 e. The summed E-state index contributed by atoms with van der Waals surface area (Å²) in [6.07, 6.45) is 1.80. The zero-order valence-electron chi connectivity index (χ0n) is 11.6. The molecule has 1 aromatic heterocycles. The predicted molar refractivity (Wildman–Crippen MR) is 83.7 cm³/mol. The normalized spacial score (nSPS) is 13.6. The molecule has 0 saturated heterocycles. The minimum atomic E-state index is -0.565. The molecule has 1 heterocycles. The molecule has 112 valence electrons. The molecule has 1 aliphatic carbocycles. The van der Waals surface area contributed by atoms with Crippen LogP contribution in [0.25, 0.3) is 0 Å². The number of aromatic amines is 1. The molecule has 5 nitrogen and oxygen atoms in total. The number of aromatic nitrogens is 1. The van der Waals surface area contributed by atoms with Crippen LogP contribution in [0.15, 0.2) is 35.1 Å². The Hall–Kier alpha value is -2.40. The van der Waals surface area contributed by atoms with Gasteiger partial charge in [-0.05, 0) is 37.1 Å². The number of anilines is 1. The van der Waals surface area contributed by atoms with Crippen LogP contribution in [0.5, 0.6) is 0 Å². The van der Waals surface area contributed by atoms with Crippen molar-refractivity contribution in [3.05, 3.63) is 62.5 Å². The van der Waals surface area contributed by atoms with E-state index in [2.05, 4.69) is 10.3 Å². The summed E-state index contributed by atoms with van der Waals surface area (Å²) in [6.45, 7) is 0. The smallest absolute Gasteiger partial charge is 0.261 e. The van der Waals surface area contributed by atoms with Gasteiger partial charge < -0.3 is 10.3 Å². The molecule has 6 heteroatoms. The van der Waals surface area contributed by atoms with Gasteiger partial charge in [0.05, 0.1) is 0 Å². The van der Waals surface area contributed by atoms with Crippen molar-refractivity contribution in [3.8, 4) is 0 Å². The second-order valence-corrected chi connectivity index (χ2v) is 5.58. The molecule has 0 atom stereocenters. The molecule has 0 radical (unpaired) electrons. The van der Waals surface area contributed by atoms with Crippen LogP contribution in [0.2, 0.25) is 5.02 Å². The number of fused-ring (bicyclic) bond motifs is 1. The third-order valence-corrected chi connectivity index (χ3v) is 3.82. The molecule has 0 saturated carbocycles. The van der Waals surface area contributed by atoms with Crippen molar-refractivity contribution >= 4 is 29.0 Å². The number of H-pyrrole nitrogens is 1.